The minimum atomic E-state index is -0.555. The van der Waals surface area contributed by atoms with Crippen LogP contribution in [0.5, 0.6) is 5.75 Å². The number of benzene rings is 3. The van der Waals surface area contributed by atoms with E-state index in [1.165, 1.54) is 7.11 Å². The van der Waals surface area contributed by atoms with Gasteiger partial charge in [-0.05, 0) is 47.5 Å². The number of aromatic amines is 1. The Balaban J connectivity index is 2.10. The summed E-state index contributed by atoms with van der Waals surface area (Å²) in [7, 11) is 2.94. The SMILES string of the molecule is COC(=O)c1cccc2[nH]c3c(C(N)=O)cc(-c4cccc(OC)c4)cc3c12. The Hall–Kier alpha value is -3.80. The predicted octanol–water partition coefficient (Wildman–Crippen LogP) is 3.88. The topological polar surface area (TPSA) is 94.4 Å². The predicted molar refractivity (Wildman–Crippen MR) is 108 cm³/mol. The Morgan fingerprint density at radius 1 is 0.929 bits per heavy atom. The Labute approximate surface area is 160 Å². The molecule has 0 aliphatic carbocycles. The molecule has 3 aromatic carbocycles. The first-order chi connectivity index (χ1) is 13.5. The average molecular weight is 374 g/mol. The van der Waals surface area contributed by atoms with Gasteiger partial charge in [0.05, 0.1) is 30.9 Å². The zero-order valence-corrected chi connectivity index (χ0v) is 15.4. The van der Waals surface area contributed by atoms with Gasteiger partial charge in [0.2, 0.25) is 0 Å². The van der Waals surface area contributed by atoms with Crippen LogP contribution in [0.3, 0.4) is 0 Å². The molecule has 0 saturated heterocycles. The van der Waals surface area contributed by atoms with Gasteiger partial charge in [0, 0.05) is 16.3 Å². The maximum atomic E-state index is 12.3. The van der Waals surface area contributed by atoms with Crippen LogP contribution < -0.4 is 10.5 Å². The fourth-order valence-electron chi connectivity index (χ4n) is 3.50. The first-order valence-electron chi connectivity index (χ1n) is 8.64. The van der Waals surface area contributed by atoms with Crippen molar-refractivity contribution in [3.8, 4) is 16.9 Å². The third kappa shape index (κ3) is 2.75. The summed E-state index contributed by atoms with van der Waals surface area (Å²) in [6.07, 6.45) is 0. The van der Waals surface area contributed by atoms with Crippen molar-refractivity contribution in [2.45, 2.75) is 0 Å². The number of hydrogen-bond donors (Lipinski definition) is 2. The number of aromatic nitrogens is 1. The van der Waals surface area contributed by atoms with E-state index < -0.39 is 11.9 Å². The summed E-state index contributed by atoms with van der Waals surface area (Å²) in [5, 5.41) is 1.42. The molecule has 4 aromatic rings. The van der Waals surface area contributed by atoms with Gasteiger partial charge >= 0.3 is 5.97 Å². The van der Waals surface area contributed by atoms with E-state index in [0.29, 0.717) is 27.8 Å². The minimum Gasteiger partial charge on any atom is -0.497 e. The quantitative estimate of drug-likeness (QED) is 0.530. The second-order valence-corrected chi connectivity index (χ2v) is 6.39. The lowest BCUT2D eigenvalue weighted by atomic mass is 9.97. The third-order valence-electron chi connectivity index (χ3n) is 4.81. The van der Waals surface area contributed by atoms with Crippen molar-refractivity contribution < 1.29 is 19.1 Å². The number of fused-ring (bicyclic) bond motifs is 3. The standard InChI is InChI=1S/C22H18N2O4/c1-27-14-6-3-5-12(9-14)13-10-16-19-15(22(26)28-2)7-4-8-18(19)24-20(16)17(11-13)21(23)25/h3-11,24H,1-2H3,(H2,23,25). The molecule has 140 valence electrons. The molecule has 1 aromatic heterocycles. The normalized spacial score (nSPS) is 10.9. The number of nitrogens with one attached hydrogen (secondary N) is 1. The van der Waals surface area contributed by atoms with Crippen LogP contribution in [-0.2, 0) is 4.74 Å². The van der Waals surface area contributed by atoms with Crippen LogP contribution in [0.1, 0.15) is 20.7 Å². The summed E-state index contributed by atoms with van der Waals surface area (Å²) in [6, 6.07) is 16.5. The number of primary amides is 1. The van der Waals surface area contributed by atoms with Crippen molar-refractivity contribution in [3.63, 3.8) is 0 Å². The van der Waals surface area contributed by atoms with Gasteiger partial charge in [-0.3, -0.25) is 4.79 Å². The van der Waals surface area contributed by atoms with E-state index in [9.17, 15) is 9.59 Å². The lowest BCUT2D eigenvalue weighted by Crippen LogP contribution is -2.11. The number of hydrogen-bond acceptors (Lipinski definition) is 4. The van der Waals surface area contributed by atoms with Crippen molar-refractivity contribution in [2.24, 2.45) is 5.73 Å². The van der Waals surface area contributed by atoms with E-state index >= 15 is 0 Å². The van der Waals surface area contributed by atoms with Gasteiger partial charge in [-0.1, -0.05) is 18.2 Å². The zero-order valence-electron chi connectivity index (χ0n) is 15.4. The molecular formula is C22H18N2O4. The smallest absolute Gasteiger partial charge is 0.338 e. The molecule has 3 N–H and O–H groups in total. The van der Waals surface area contributed by atoms with Crippen molar-refractivity contribution in [3.05, 3.63) is 65.7 Å². The van der Waals surface area contributed by atoms with Gasteiger partial charge in [0.25, 0.3) is 5.91 Å². The number of nitrogens with two attached hydrogens (primary N) is 1. The summed E-state index contributed by atoms with van der Waals surface area (Å²) in [6.45, 7) is 0. The van der Waals surface area contributed by atoms with Crippen LogP contribution in [0.15, 0.2) is 54.6 Å². The Kier molecular flexibility index (Phi) is 4.24. The molecule has 0 atom stereocenters. The highest BCUT2D eigenvalue weighted by atomic mass is 16.5. The maximum Gasteiger partial charge on any atom is 0.338 e. The number of rotatable bonds is 4. The van der Waals surface area contributed by atoms with E-state index in [4.69, 9.17) is 15.2 Å². The molecule has 28 heavy (non-hydrogen) atoms. The van der Waals surface area contributed by atoms with E-state index in [2.05, 4.69) is 4.98 Å². The number of esters is 1. The molecule has 4 rings (SSSR count). The van der Waals surface area contributed by atoms with Gasteiger partial charge < -0.3 is 20.2 Å². The maximum absolute atomic E-state index is 12.3. The highest BCUT2D eigenvalue weighted by molar-refractivity contribution is 6.21. The van der Waals surface area contributed by atoms with Crippen LogP contribution in [0, 0.1) is 0 Å². The molecule has 0 saturated carbocycles. The van der Waals surface area contributed by atoms with E-state index in [1.807, 2.05) is 36.4 Å². The Morgan fingerprint density at radius 2 is 1.71 bits per heavy atom. The first-order valence-corrected chi connectivity index (χ1v) is 8.64. The number of H-pyrrole nitrogens is 1. The van der Waals surface area contributed by atoms with Crippen LogP contribution >= 0.6 is 0 Å². The summed E-state index contributed by atoms with van der Waals surface area (Å²) in [5.74, 6) is -0.299. The molecule has 0 bridgehead atoms. The van der Waals surface area contributed by atoms with Crippen molar-refractivity contribution in [1.29, 1.82) is 0 Å². The fraction of sp³-hybridized carbons (Fsp3) is 0.0909. The fourth-order valence-corrected chi connectivity index (χ4v) is 3.50. The van der Waals surface area contributed by atoms with Crippen molar-refractivity contribution in [2.75, 3.05) is 14.2 Å². The molecule has 0 radical (unpaired) electrons. The highest BCUT2D eigenvalue weighted by Crippen LogP contribution is 2.35. The third-order valence-corrected chi connectivity index (χ3v) is 4.81. The Bertz CT molecular complexity index is 1240. The second kappa shape index (κ2) is 6.74. The Morgan fingerprint density at radius 3 is 2.43 bits per heavy atom. The van der Waals surface area contributed by atoms with Gasteiger partial charge in [0.15, 0.2) is 0 Å². The van der Waals surface area contributed by atoms with Crippen LogP contribution in [0.4, 0.5) is 0 Å². The van der Waals surface area contributed by atoms with Gasteiger partial charge in [-0.15, -0.1) is 0 Å². The molecule has 1 heterocycles. The zero-order chi connectivity index (χ0) is 19.8. The number of ether oxygens (including phenoxy) is 2. The molecule has 0 aliphatic rings. The monoisotopic (exact) mass is 374 g/mol. The van der Waals surface area contributed by atoms with Gasteiger partial charge in [-0.2, -0.15) is 0 Å². The number of methoxy groups -OCH3 is 2. The van der Waals surface area contributed by atoms with Crippen LogP contribution in [-0.4, -0.2) is 31.1 Å². The molecular weight excluding hydrogens is 356 g/mol. The molecule has 0 spiro atoms. The molecule has 0 fully saturated rings. The van der Waals surface area contributed by atoms with E-state index in [-0.39, 0.29) is 0 Å². The molecule has 0 aliphatic heterocycles. The van der Waals surface area contributed by atoms with Crippen LogP contribution in [0.25, 0.3) is 32.9 Å². The van der Waals surface area contributed by atoms with E-state index in [1.54, 1.807) is 25.3 Å². The number of carbonyl (C=O) groups is 2. The first kappa shape index (κ1) is 17.6. The van der Waals surface area contributed by atoms with Crippen molar-refractivity contribution in [1.82, 2.24) is 4.98 Å². The van der Waals surface area contributed by atoms with E-state index in [0.717, 1.165) is 22.0 Å². The van der Waals surface area contributed by atoms with Crippen molar-refractivity contribution >= 4 is 33.7 Å². The highest BCUT2D eigenvalue weighted by Gasteiger charge is 2.19. The minimum absolute atomic E-state index is 0.349. The van der Waals surface area contributed by atoms with Crippen LogP contribution in [0.2, 0.25) is 0 Å². The number of amides is 1. The average Bonchev–Trinajstić information content (AvgIpc) is 3.11. The lowest BCUT2D eigenvalue weighted by Gasteiger charge is -2.08. The summed E-state index contributed by atoms with van der Waals surface area (Å²) >= 11 is 0. The van der Waals surface area contributed by atoms with Gasteiger partial charge in [0.1, 0.15) is 5.75 Å². The summed E-state index contributed by atoms with van der Waals surface area (Å²) in [5.41, 5.74) is 9.40. The molecule has 0 unspecified atom stereocenters. The molecule has 1 amide bonds. The number of carbonyl (C=O) groups excluding carboxylic acids is 2. The second-order valence-electron chi connectivity index (χ2n) is 6.39. The largest absolute Gasteiger partial charge is 0.497 e. The lowest BCUT2D eigenvalue weighted by molar-refractivity contribution is 0.0603. The molecule has 6 nitrogen and oxygen atoms in total. The summed E-state index contributed by atoms with van der Waals surface area (Å²) in [4.78, 5) is 27.7. The molecule has 6 heteroatoms. The summed E-state index contributed by atoms with van der Waals surface area (Å²) < 4.78 is 10.2. The van der Waals surface area contributed by atoms with Gasteiger partial charge in [-0.25, -0.2) is 4.79 Å².